The second-order valence-electron chi connectivity index (χ2n) is 5.21. The van der Waals surface area contributed by atoms with E-state index in [1.807, 2.05) is 25.1 Å². The van der Waals surface area contributed by atoms with Crippen LogP contribution in [-0.4, -0.2) is 28.3 Å². The lowest BCUT2D eigenvalue weighted by Crippen LogP contribution is -2.32. The number of nitrogens with zero attached hydrogens (tertiary/aromatic N) is 3. The van der Waals surface area contributed by atoms with Crippen LogP contribution in [-0.2, 0) is 11.2 Å². The molecule has 0 bridgehead atoms. The maximum Gasteiger partial charge on any atom is 0.240 e. The summed E-state index contributed by atoms with van der Waals surface area (Å²) in [5.74, 6) is 0.719. The molecule has 1 atom stereocenters. The van der Waals surface area contributed by atoms with Crippen molar-refractivity contribution in [1.29, 1.82) is 0 Å². The Morgan fingerprint density at radius 2 is 2.29 bits per heavy atom. The van der Waals surface area contributed by atoms with E-state index >= 15 is 0 Å². The average molecular weight is 286 g/mol. The number of amides is 1. The zero-order valence-corrected chi connectivity index (χ0v) is 12.4. The summed E-state index contributed by atoms with van der Waals surface area (Å²) in [6, 6.07) is 5.89. The minimum atomic E-state index is -0.0430. The number of ether oxygens (including phenoxy) is 1. The molecule has 3 heterocycles. The highest BCUT2D eigenvalue weighted by atomic mass is 16.5. The molecule has 1 amide bonds. The SMILES string of the molecule is CCc1cc2c(C3=NNC(=O)C[C@H]3C)ccc(OC)n2n1. The van der Waals surface area contributed by atoms with Crippen LogP contribution in [0.3, 0.4) is 0 Å². The summed E-state index contributed by atoms with van der Waals surface area (Å²) in [7, 11) is 1.63. The number of carbonyl (C=O) groups is 1. The van der Waals surface area contributed by atoms with E-state index in [1.165, 1.54) is 0 Å². The number of hydrogen-bond donors (Lipinski definition) is 1. The number of nitrogens with one attached hydrogen (secondary N) is 1. The van der Waals surface area contributed by atoms with E-state index in [1.54, 1.807) is 11.6 Å². The van der Waals surface area contributed by atoms with E-state index in [4.69, 9.17) is 4.74 Å². The molecule has 21 heavy (non-hydrogen) atoms. The smallest absolute Gasteiger partial charge is 0.240 e. The van der Waals surface area contributed by atoms with E-state index < -0.39 is 0 Å². The van der Waals surface area contributed by atoms with Gasteiger partial charge in [-0.2, -0.15) is 10.2 Å². The minimum Gasteiger partial charge on any atom is -0.481 e. The van der Waals surface area contributed by atoms with Crippen molar-refractivity contribution >= 4 is 17.1 Å². The van der Waals surface area contributed by atoms with Crippen LogP contribution in [0.15, 0.2) is 23.3 Å². The fourth-order valence-electron chi connectivity index (χ4n) is 2.62. The Morgan fingerprint density at radius 3 is 2.95 bits per heavy atom. The first-order chi connectivity index (χ1) is 10.1. The number of aromatic nitrogens is 2. The number of methoxy groups -OCH3 is 1. The Balaban J connectivity index is 2.19. The van der Waals surface area contributed by atoms with Gasteiger partial charge in [-0.15, -0.1) is 0 Å². The number of hydrogen-bond acceptors (Lipinski definition) is 4. The third-order valence-electron chi connectivity index (χ3n) is 3.74. The van der Waals surface area contributed by atoms with Gasteiger partial charge in [-0.05, 0) is 18.6 Å². The summed E-state index contributed by atoms with van der Waals surface area (Å²) in [6.07, 6.45) is 1.30. The standard InChI is InChI=1S/C15H18N4O2/c1-4-10-8-12-11(5-6-14(21-3)19(12)18-10)15-9(2)7-13(20)16-17-15/h5-6,8-9H,4,7H2,1-3H3,(H,16,20)/t9-/m1/s1. The van der Waals surface area contributed by atoms with Crippen molar-refractivity contribution in [2.75, 3.05) is 7.11 Å². The van der Waals surface area contributed by atoms with Crippen LogP contribution in [0.4, 0.5) is 0 Å². The molecule has 3 rings (SSSR count). The molecular formula is C15H18N4O2. The lowest BCUT2D eigenvalue weighted by molar-refractivity contribution is -0.121. The molecular weight excluding hydrogens is 268 g/mol. The Bertz CT molecular complexity index is 733. The number of carbonyl (C=O) groups excluding carboxylic acids is 1. The fourth-order valence-corrected chi connectivity index (χ4v) is 2.62. The van der Waals surface area contributed by atoms with Gasteiger partial charge in [0, 0.05) is 24.0 Å². The second kappa shape index (κ2) is 5.20. The van der Waals surface area contributed by atoms with Crippen LogP contribution in [0.25, 0.3) is 5.52 Å². The predicted molar refractivity (Wildman–Crippen MR) is 79.6 cm³/mol. The molecule has 0 aliphatic carbocycles. The average Bonchev–Trinajstić information content (AvgIpc) is 2.91. The van der Waals surface area contributed by atoms with Crippen LogP contribution < -0.4 is 10.2 Å². The summed E-state index contributed by atoms with van der Waals surface area (Å²) in [6.45, 7) is 4.07. The summed E-state index contributed by atoms with van der Waals surface area (Å²) in [4.78, 5) is 11.4. The number of rotatable bonds is 3. The van der Waals surface area contributed by atoms with Gasteiger partial charge in [-0.1, -0.05) is 13.8 Å². The largest absolute Gasteiger partial charge is 0.481 e. The van der Waals surface area contributed by atoms with Crippen LogP contribution in [0.5, 0.6) is 5.88 Å². The summed E-state index contributed by atoms with van der Waals surface area (Å²) in [5.41, 5.74) is 6.37. The molecule has 1 aliphatic heterocycles. The van der Waals surface area contributed by atoms with Gasteiger partial charge in [-0.25, -0.2) is 9.94 Å². The van der Waals surface area contributed by atoms with Crippen molar-refractivity contribution in [1.82, 2.24) is 15.0 Å². The van der Waals surface area contributed by atoms with E-state index in [2.05, 4.69) is 22.5 Å². The normalized spacial score (nSPS) is 18.5. The first-order valence-corrected chi connectivity index (χ1v) is 7.06. The fraction of sp³-hybridized carbons (Fsp3) is 0.400. The topological polar surface area (TPSA) is 68.0 Å². The van der Waals surface area contributed by atoms with E-state index in [0.29, 0.717) is 12.3 Å². The maximum absolute atomic E-state index is 11.4. The highest BCUT2D eigenvalue weighted by Crippen LogP contribution is 2.25. The second-order valence-corrected chi connectivity index (χ2v) is 5.21. The molecule has 2 aromatic heterocycles. The highest BCUT2D eigenvalue weighted by Gasteiger charge is 2.24. The third kappa shape index (κ3) is 2.26. The van der Waals surface area contributed by atoms with Crippen LogP contribution >= 0.6 is 0 Å². The van der Waals surface area contributed by atoms with Crippen molar-refractivity contribution in [3.63, 3.8) is 0 Å². The Labute approximate surface area is 122 Å². The lowest BCUT2D eigenvalue weighted by Gasteiger charge is -2.20. The van der Waals surface area contributed by atoms with Crippen molar-refractivity contribution in [3.05, 3.63) is 29.5 Å². The molecule has 0 radical (unpaired) electrons. The first kappa shape index (κ1) is 13.6. The zero-order chi connectivity index (χ0) is 15.0. The van der Waals surface area contributed by atoms with Gasteiger partial charge in [0.2, 0.25) is 11.8 Å². The molecule has 0 saturated carbocycles. The number of aryl methyl sites for hydroxylation is 1. The summed E-state index contributed by atoms with van der Waals surface area (Å²) >= 11 is 0. The monoisotopic (exact) mass is 286 g/mol. The molecule has 0 spiro atoms. The van der Waals surface area contributed by atoms with Crippen LogP contribution in [0, 0.1) is 5.92 Å². The van der Waals surface area contributed by atoms with E-state index in [9.17, 15) is 4.79 Å². The van der Waals surface area contributed by atoms with Crippen molar-refractivity contribution < 1.29 is 9.53 Å². The quantitative estimate of drug-likeness (QED) is 0.935. The molecule has 6 heteroatoms. The van der Waals surface area contributed by atoms with Crippen molar-refractivity contribution in [2.24, 2.45) is 11.0 Å². The number of pyridine rings is 1. The van der Waals surface area contributed by atoms with Gasteiger partial charge < -0.3 is 4.74 Å². The molecule has 110 valence electrons. The Hall–Kier alpha value is -2.37. The lowest BCUT2D eigenvalue weighted by atomic mass is 9.94. The van der Waals surface area contributed by atoms with Gasteiger partial charge >= 0.3 is 0 Å². The minimum absolute atomic E-state index is 0.0430. The van der Waals surface area contributed by atoms with E-state index in [0.717, 1.165) is 28.9 Å². The van der Waals surface area contributed by atoms with Crippen molar-refractivity contribution in [3.8, 4) is 5.88 Å². The number of fused-ring (bicyclic) bond motifs is 1. The zero-order valence-electron chi connectivity index (χ0n) is 12.4. The molecule has 0 saturated heterocycles. The van der Waals surface area contributed by atoms with Gasteiger partial charge in [0.1, 0.15) is 0 Å². The Kier molecular flexibility index (Phi) is 3.37. The molecule has 2 aromatic rings. The first-order valence-electron chi connectivity index (χ1n) is 7.06. The molecule has 1 N–H and O–H groups in total. The van der Waals surface area contributed by atoms with Crippen LogP contribution in [0.1, 0.15) is 31.5 Å². The maximum atomic E-state index is 11.4. The summed E-state index contributed by atoms with van der Waals surface area (Å²) < 4.78 is 7.15. The molecule has 0 fully saturated rings. The molecule has 0 aromatic carbocycles. The van der Waals surface area contributed by atoms with Gasteiger partial charge in [0.15, 0.2) is 0 Å². The molecule has 0 unspecified atom stereocenters. The van der Waals surface area contributed by atoms with E-state index in [-0.39, 0.29) is 11.8 Å². The third-order valence-corrected chi connectivity index (χ3v) is 3.74. The molecule has 1 aliphatic rings. The van der Waals surface area contributed by atoms with Crippen LogP contribution in [0.2, 0.25) is 0 Å². The van der Waals surface area contributed by atoms with Crippen molar-refractivity contribution in [2.45, 2.75) is 26.7 Å². The van der Waals surface area contributed by atoms with Gasteiger partial charge in [0.05, 0.1) is 24.0 Å². The summed E-state index contributed by atoms with van der Waals surface area (Å²) in [5, 5.41) is 8.78. The van der Waals surface area contributed by atoms with Gasteiger partial charge in [-0.3, -0.25) is 4.79 Å². The number of hydrazone groups is 1. The predicted octanol–water partition coefficient (Wildman–Crippen LogP) is 1.77. The molecule has 6 nitrogen and oxygen atoms in total. The Morgan fingerprint density at radius 1 is 1.48 bits per heavy atom. The highest BCUT2D eigenvalue weighted by molar-refractivity contribution is 6.10. The van der Waals surface area contributed by atoms with Gasteiger partial charge in [0.25, 0.3) is 0 Å².